The van der Waals surface area contributed by atoms with Crippen LogP contribution in [-0.4, -0.2) is 15.7 Å². The molecule has 17 heavy (non-hydrogen) atoms. The van der Waals surface area contributed by atoms with Gasteiger partial charge in [0.25, 0.3) is 0 Å². The predicted octanol–water partition coefficient (Wildman–Crippen LogP) is 2.45. The van der Waals surface area contributed by atoms with Gasteiger partial charge in [0, 0.05) is 12.4 Å². The molecule has 0 spiro atoms. The highest BCUT2D eigenvalue weighted by atomic mass is 19.1. The Morgan fingerprint density at radius 1 is 1.18 bits per heavy atom. The van der Waals surface area contributed by atoms with Crippen molar-refractivity contribution in [2.45, 2.75) is 6.92 Å². The topological polar surface area (TPSA) is 50.2 Å². The SMILES string of the molecule is C/C(=N\Nc1ncccc1F)c1ccccn1. The van der Waals surface area contributed by atoms with Crippen LogP contribution in [-0.2, 0) is 0 Å². The molecule has 0 unspecified atom stereocenters. The molecule has 0 aliphatic heterocycles. The largest absolute Gasteiger partial charge is 0.259 e. The van der Waals surface area contributed by atoms with E-state index in [1.165, 1.54) is 18.3 Å². The lowest BCUT2D eigenvalue weighted by Crippen LogP contribution is -2.03. The summed E-state index contributed by atoms with van der Waals surface area (Å²) in [6, 6.07) is 8.36. The van der Waals surface area contributed by atoms with Crippen molar-refractivity contribution in [1.29, 1.82) is 0 Å². The van der Waals surface area contributed by atoms with Gasteiger partial charge in [-0.2, -0.15) is 5.10 Å². The standard InChI is InChI=1S/C12H11FN4/c1-9(11-6-2-3-7-14-11)16-17-12-10(13)5-4-8-15-12/h2-8H,1H3,(H,15,17)/b16-9+. The molecule has 0 amide bonds. The minimum atomic E-state index is -0.440. The summed E-state index contributed by atoms with van der Waals surface area (Å²) in [4.78, 5) is 7.96. The van der Waals surface area contributed by atoms with Crippen LogP contribution in [0.5, 0.6) is 0 Å². The molecule has 0 aromatic carbocycles. The number of hydrogen-bond acceptors (Lipinski definition) is 4. The lowest BCUT2D eigenvalue weighted by atomic mass is 10.3. The van der Waals surface area contributed by atoms with Crippen molar-refractivity contribution >= 4 is 11.5 Å². The maximum atomic E-state index is 13.2. The van der Waals surface area contributed by atoms with Crippen LogP contribution < -0.4 is 5.43 Å². The van der Waals surface area contributed by atoms with Crippen LogP contribution in [0.15, 0.2) is 47.8 Å². The van der Waals surface area contributed by atoms with Crippen molar-refractivity contribution in [3.8, 4) is 0 Å². The Balaban J connectivity index is 2.14. The van der Waals surface area contributed by atoms with Crippen LogP contribution in [0.3, 0.4) is 0 Å². The molecular weight excluding hydrogens is 219 g/mol. The van der Waals surface area contributed by atoms with Gasteiger partial charge >= 0.3 is 0 Å². The van der Waals surface area contributed by atoms with E-state index >= 15 is 0 Å². The van der Waals surface area contributed by atoms with E-state index < -0.39 is 5.82 Å². The van der Waals surface area contributed by atoms with Crippen molar-refractivity contribution in [3.63, 3.8) is 0 Å². The molecule has 2 heterocycles. The molecule has 0 aliphatic carbocycles. The van der Waals surface area contributed by atoms with Crippen LogP contribution >= 0.6 is 0 Å². The molecule has 2 rings (SSSR count). The van der Waals surface area contributed by atoms with Crippen LogP contribution in [0, 0.1) is 5.82 Å². The predicted molar refractivity (Wildman–Crippen MR) is 64.3 cm³/mol. The lowest BCUT2D eigenvalue weighted by Gasteiger charge is -2.02. The van der Waals surface area contributed by atoms with Gasteiger partial charge in [-0.25, -0.2) is 9.37 Å². The Morgan fingerprint density at radius 2 is 2.00 bits per heavy atom. The first-order valence-corrected chi connectivity index (χ1v) is 5.09. The highest BCUT2D eigenvalue weighted by molar-refractivity contribution is 5.97. The molecule has 2 aromatic rings. The lowest BCUT2D eigenvalue weighted by molar-refractivity contribution is 0.625. The highest BCUT2D eigenvalue weighted by Crippen LogP contribution is 2.08. The molecule has 0 radical (unpaired) electrons. The summed E-state index contributed by atoms with van der Waals surface area (Å²) < 4.78 is 13.2. The number of pyridine rings is 2. The first-order chi connectivity index (χ1) is 8.27. The molecule has 0 atom stereocenters. The van der Waals surface area contributed by atoms with Gasteiger partial charge in [0.15, 0.2) is 11.6 Å². The van der Waals surface area contributed by atoms with Gasteiger partial charge in [-0.15, -0.1) is 0 Å². The van der Waals surface area contributed by atoms with Crippen LogP contribution in [0.1, 0.15) is 12.6 Å². The average molecular weight is 230 g/mol. The van der Waals surface area contributed by atoms with E-state index in [1.807, 2.05) is 18.2 Å². The zero-order chi connectivity index (χ0) is 12.1. The highest BCUT2D eigenvalue weighted by Gasteiger charge is 2.01. The molecule has 86 valence electrons. The third-order valence-electron chi connectivity index (χ3n) is 2.12. The molecule has 0 saturated carbocycles. The zero-order valence-corrected chi connectivity index (χ0v) is 9.26. The van der Waals surface area contributed by atoms with E-state index in [1.54, 1.807) is 13.1 Å². The Hall–Kier alpha value is -2.30. The van der Waals surface area contributed by atoms with E-state index in [4.69, 9.17) is 0 Å². The number of hydrogen-bond donors (Lipinski definition) is 1. The summed E-state index contributed by atoms with van der Waals surface area (Å²) >= 11 is 0. The molecule has 5 heteroatoms. The third-order valence-corrected chi connectivity index (χ3v) is 2.12. The fourth-order valence-corrected chi connectivity index (χ4v) is 1.24. The monoisotopic (exact) mass is 230 g/mol. The molecule has 2 aromatic heterocycles. The second-order valence-electron chi connectivity index (χ2n) is 3.36. The minimum absolute atomic E-state index is 0.0998. The van der Waals surface area contributed by atoms with E-state index in [2.05, 4.69) is 20.5 Å². The maximum Gasteiger partial charge on any atom is 0.182 e. The smallest absolute Gasteiger partial charge is 0.182 e. The van der Waals surface area contributed by atoms with Gasteiger partial charge < -0.3 is 0 Å². The molecule has 1 N–H and O–H groups in total. The van der Waals surface area contributed by atoms with Crippen LogP contribution in [0.25, 0.3) is 0 Å². The summed E-state index contributed by atoms with van der Waals surface area (Å²) in [6.45, 7) is 1.79. The molecule has 0 saturated heterocycles. The average Bonchev–Trinajstić information content (AvgIpc) is 2.38. The van der Waals surface area contributed by atoms with Gasteiger partial charge in [0.2, 0.25) is 0 Å². The normalized spacial score (nSPS) is 11.3. The Morgan fingerprint density at radius 3 is 2.71 bits per heavy atom. The number of aromatic nitrogens is 2. The van der Waals surface area contributed by atoms with E-state index in [0.717, 1.165) is 5.69 Å². The van der Waals surface area contributed by atoms with Crippen molar-refractivity contribution in [1.82, 2.24) is 9.97 Å². The summed E-state index contributed by atoms with van der Waals surface area (Å²) in [5, 5.41) is 4.03. The second kappa shape index (κ2) is 5.16. The number of nitrogens with zero attached hydrogens (tertiary/aromatic N) is 3. The molecule has 0 bridgehead atoms. The summed E-state index contributed by atoms with van der Waals surface area (Å²) in [6.07, 6.45) is 3.17. The van der Waals surface area contributed by atoms with E-state index in [-0.39, 0.29) is 5.82 Å². The maximum absolute atomic E-state index is 13.2. The van der Waals surface area contributed by atoms with Gasteiger partial charge in [0.1, 0.15) is 0 Å². The second-order valence-corrected chi connectivity index (χ2v) is 3.36. The molecule has 0 aliphatic rings. The number of hydrazone groups is 1. The fourth-order valence-electron chi connectivity index (χ4n) is 1.24. The quantitative estimate of drug-likeness (QED) is 0.650. The summed E-state index contributed by atoms with van der Waals surface area (Å²) in [5.41, 5.74) is 3.97. The Bertz CT molecular complexity index is 525. The van der Waals surface area contributed by atoms with Gasteiger partial charge in [-0.05, 0) is 31.2 Å². The first-order valence-electron chi connectivity index (χ1n) is 5.09. The minimum Gasteiger partial charge on any atom is -0.259 e. The Labute approximate surface area is 98.2 Å². The number of nitrogens with one attached hydrogen (secondary N) is 1. The third kappa shape index (κ3) is 2.84. The number of rotatable bonds is 3. The Kier molecular flexibility index (Phi) is 3.40. The van der Waals surface area contributed by atoms with Crippen LogP contribution in [0.4, 0.5) is 10.2 Å². The summed E-state index contributed by atoms with van der Waals surface area (Å²) in [5.74, 6) is -0.340. The van der Waals surface area contributed by atoms with E-state index in [0.29, 0.717) is 5.71 Å². The number of halogens is 1. The van der Waals surface area contributed by atoms with Crippen molar-refractivity contribution < 1.29 is 4.39 Å². The van der Waals surface area contributed by atoms with Crippen LogP contribution in [0.2, 0.25) is 0 Å². The molecule has 4 nitrogen and oxygen atoms in total. The fraction of sp³-hybridized carbons (Fsp3) is 0.0833. The zero-order valence-electron chi connectivity index (χ0n) is 9.26. The van der Waals surface area contributed by atoms with Gasteiger partial charge in [-0.3, -0.25) is 10.4 Å². The molecular formula is C12H11FN4. The number of anilines is 1. The summed E-state index contributed by atoms with van der Waals surface area (Å²) in [7, 11) is 0. The van der Waals surface area contributed by atoms with Crippen molar-refractivity contribution in [2.75, 3.05) is 5.43 Å². The van der Waals surface area contributed by atoms with E-state index in [9.17, 15) is 4.39 Å². The van der Waals surface area contributed by atoms with Gasteiger partial charge in [-0.1, -0.05) is 6.07 Å². The molecule has 0 fully saturated rings. The van der Waals surface area contributed by atoms with Gasteiger partial charge in [0.05, 0.1) is 11.4 Å². The van der Waals surface area contributed by atoms with Crippen molar-refractivity contribution in [2.24, 2.45) is 5.10 Å². The van der Waals surface area contributed by atoms with Crippen molar-refractivity contribution in [3.05, 3.63) is 54.2 Å². The first kappa shape index (κ1) is 11.2.